The molecule has 1 amide bonds. The minimum absolute atomic E-state index is 0.0743. The van der Waals surface area contributed by atoms with E-state index in [1.807, 2.05) is 12.1 Å². The van der Waals surface area contributed by atoms with E-state index in [0.29, 0.717) is 33.1 Å². The first kappa shape index (κ1) is 25.1. The molecule has 0 aliphatic carbocycles. The Morgan fingerprint density at radius 1 is 1.17 bits per heavy atom. The summed E-state index contributed by atoms with van der Waals surface area (Å²) >= 11 is 6.09. The summed E-state index contributed by atoms with van der Waals surface area (Å²) < 4.78 is 5.07. The van der Waals surface area contributed by atoms with E-state index in [1.54, 1.807) is 43.3 Å². The number of nitrogens with one attached hydrogen (secondary N) is 2. The molecule has 0 fully saturated rings. The second-order valence-corrected chi connectivity index (χ2v) is 8.86. The van der Waals surface area contributed by atoms with Crippen molar-refractivity contribution < 1.29 is 14.3 Å². The lowest BCUT2D eigenvalue weighted by molar-refractivity contribution is 0.0972. The average molecular weight is 505 g/mol. The smallest absolute Gasteiger partial charge is 0.261 e. The molecule has 0 radical (unpaired) electrons. The van der Waals surface area contributed by atoms with Crippen molar-refractivity contribution in [3.05, 3.63) is 98.4 Å². The number of halogens is 1. The number of hydrogen-bond donors (Lipinski definition) is 3. The fraction of sp³-hybridized carbons (Fsp3) is 0.185. The van der Waals surface area contributed by atoms with Crippen molar-refractivity contribution in [2.75, 3.05) is 19.0 Å². The minimum atomic E-state index is -0.597. The highest BCUT2D eigenvalue weighted by Crippen LogP contribution is 2.25. The summed E-state index contributed by atoms with van der Waals surface area (Å²) in [7, 11) is 1.47. The molecule has 9 heteroatoms. The number of aromatic nitrogens is 2. The third-order valence-electron chi connectivity index (χ3n) is 6.00. The van der Waals surface area contributed by atoms with Crippen molar-refractivity contribution in [1.29, 1.82) is 0 Å². The highest BCUT2D eigenvalue weighted by atomic mass is 35.5. The van der Waals surface area contributed by atoms with Gasteiger partial charge in [0.25, 0.3) is 11.5 Å². The molecule has 0 spiro atoms. The topological polar surface area (TPSA) is 127 Å². The Bertz CT molecular complexity index is 1520. The number of methoxy groups -OCH3 is 1. The van der Waals surface area contributed by atoms with Crippen molar-refractivity contribution >= 4 is 39.9 Å². The average Bonchev–Trinajstić information content (AvgIpc) is 2.87. The van der Waals surface area contributed by atoms with Crippen LogP contribution in [-0.2, 0) is 0 Å². The van der Waals surface area contributed by atoms with Gasteiger partial charge in [-0.15, -0.1) is 0 Å². The zero-order chi connectivity index (χ0) is 25.8. The predicted molar refractivity (Wildman–Crippen MR) is 140 cm³/mol. The maximum absolute atomic E-state index is 13.1. The van der Waals surface area contributed by atoms with E-state index < -0.39 is 11.5 Å². The number of carbonyl (C=O) groups excluding carboxylic acids is 2. The molecule has 0 aliphatic heterocycles. The van der Waals surface area contributed by atoms with Gasteiger partial charge in [0.05, 0.1) is 12.6 Å². The number of fused-ring (bicyclic) bond motifs is 1. The van der Waals surface area contributed by atoms with Gasteiger partial charge in [-0.25, -0.2) is 4.98 Å². The Morgan fingerprint density at radius 2 is 1.97 bits per heavy atom. The van der Waals surface area contributed by atoms with Crippen LogP contribution < -0.4 is 21.3 Å². The van der Waals surface area contributed by atoms with Gasteiger partial charge in [-0.2, -0.15) is 0 Å². The molecule has 1 unspecified atom stereocenters. The van der Waals surface area contributed by atoms with E-state index in [9.17, 15) is 14.4 Å². The number of nitrogens with two attached hydrogens (primary N) is 1. The standard InChI is InChI=1S/C27H25ClN4O4/c1-15-6-7-17(24(33)11-18(13-29)16-4-3-5-20(28)8-16)10-22(15)31-26(34)21-9-19-14-30-25(36-2)12-23(19)32-27(21)35/h3-10,12,14,18H,11,13,29H2,1-2H3,(H,31,34)(H,32,35). The number of benzene rings is 2. The zero-order valence-corrected chi connectivity index (χ0v) is 20.6. The van der Waals surface area contributed by atoms with Crippen LogP contribution >= 0.6 is 11.6 Å². The number of nitrogens with zero attached hydrogens (tertiary/aromatic N) is 1. The van der Waals surface area contributed by atoms with Crippen molar-refractivity contribution in [3.8, 4) is 5.88 Å². The summed E-state index contributed by atoms with van der Waals surface area (Å²) in [6, 6.07) is 15.4. The lowest BCUT2D eigenvalue weighted by Gasteiger charge is -2.16. The third-order valence-corrected chi connectivity index (χ3v) is 6.24. The van der Waals surface area contributed by atoms with Crippen LogP contribution in [0.5, 0.6) is 5.88 Å². The second kappa shape index (κ2) is 10.7. The Labute approximate surface area is 212 Å². The SMILES string of the molecule is COc1cc2[nH]c(=O)c(C(=O)Nc3cc(C(=O)CC(CN)c4cccc(Cl)c4)ccc3C)cc2cn1. The van der Waals surface area contributed by atoms with E-state index in [2.05, 4.69) is 15.3 Å². The van der Waals surface area contributed by atoms with E-state index in [0.717, 1.165) is 11.1 Å². The van der Waals surface area contributed by atoms with Gasteiger partial charge in [-0.1, -0.05) is 35.9 Å². The summed E-state index contributed by atoms with van der Waals surface area (Å²) in [6.45, 7) is 2.09. The van der Waals surface area contributed by atoms with Gasteiger partial charge < -0.3 is 20.8 Å². The Hall–Kier alpha value is -4.01. The van der Waals surface area contributed by atoms with E-state index >= 15 is 0 Å². The maximum Gasteiger partial charge on any atom is 0.261 e. The minimum Gasteiger partial charge on any atom is -0.481 e. The van der Waals surface area contributed by atoms with Crippen LogP contribution in [0.3, 0.4) is 0 Å². The van der Waals surface area contributed by atoms with Crippen LogP contribution in [0.2, 0.25) is 5.02 Å². The number of hydrogen-bond acceptors (Lipinski definition) is 6. The van der Waals surface area contributed by atoms with E-state index in [-0.39, 0.29) is 30.2 Å². The fourth-order valence-corrected chi connectivity index (χ4v) is 4.12. The number of aromatic amines is 1. The van der Waals surface area contributed by atoms with Gasteiger partial charge in [-0.3, -0.25) is 14.4 Å². The fourth-order valence-electron chi connectivity index (χ4n) is 3.92. The number of ether oxygens (including phenoxy) is 1. The monoisotopic (exact) mass is 504 g/mol. The van der Waals surface area contributed by atoms with Crippen molar-refractivity contribution in [2.24, 2.45) is 5.73 Å². The molecule has 4 aromatic rings. The molecule has 0 aliphatic rings. The number of aryl methyl sites for hydroxylation is 1. The number of carbonyl (C=O) groups is 2. The maximum atomic E-state index is 13.1. The summed E-state index contributed by atoms with van der Waals surface area (Å²) in [4.78, 5) is 45.4. The van der Waals surface area contributed by atoms with Crippen LogP contribution in [0.25, 0.3) is 10.9 Å². The highest BCUT2D eigenvalue weighted by Gasteiger charge is 2.19. The van der Waals surface area contributed by atoms with Crippen LogP contribution in [-0.4, -0.2) is 35.3 Å². The van der Waals surface area contributed by atoms with Gasteiger partial charge in [0.1, 0.15) is 5.56 Å². The molecule has 1 atom stereocenters. The van der Waals surface area contributed by atoms with Crippen LogP contribution in [0, 0.1) is 6.92 Å². The predicted octanol–water partition coefficient (Wildman–Crippen LogP) is 4.46. The lowest BCUT2D eigenvalue weighted by atomic mass is 9.91. The Morgan fingerprint density at radius 3 is 2.69 bits per heavy atom. The van der Waals surface area contributed by atoms with Crippen LogP contribution in [0.1, 0.15) is 44.2 Å². The van der Waals surface area contributed by atoms with Gasteiger partial charge in [-0.05, 0) is 48.9 Å². The van der Waals surface area contributed by atoms with Crippen molar-refractivity contribution in [1.82, 2.24) is 9.97 Å². The van der Waals surface area contributed by atoms with E-state index in [4.69, 9.17) is 22.1 Å². The first-order valence-electron chi connectivity index (χ1n) is 11.3. The molecular weight excluding hydrogens is 480 g/mol. The van der Waals surface area contributed by atoms with Crippen LogP contribution in [0.15, 0.2) is 65.6 Å². The molecule has 0 saturated carbocycles. The number of rotatable bonds is 8. The Balaban J connectivity index is 1.56. The molecule has 4 N–H and O–H groups in total. The second-order valence-electron chi connectivity index (χ2n) is 8.42. The highest BCUT2D eigenvalue weighted by molar-refractivity contribution is 6.30. The first-order chi connectivity index (χ1) is 17.3. The summed E-state index contributed by atoms with van der Waals surface area (Å²) in [6.07, 6.45) is 1.70. The Kier molecular flexibility index (Phi) is 7.47. The molecular formula is C27H25ClN4O4. The van der Waals surface area contributed by atoms with Crippen molar-refractivity contribution in [3.63, 3.8) is 0 Å². The number of anilines is 1. The number of pyridine rings is 2. The molecule has 2 aromatic carbocycles. The zero-order valence-electron chi connectivity index (χ0n) is 19.8. The number of amides is 1. The lowest BCUT2D eigenvalue weighted by Crippen LogP contribution is -2.23. The molecule has 2 heterocycles. The summed E-state index contributed by atoms with van der Waals surface area (Å²) in [5, 5.41) is 3.92. The molecule has 184 valence electrons. The number of Topliss-reactive ketones (excluding diaryl/α,β-unsaturated/α-hetero) is 1. The molecule has 8 nitrogen and oxygen atoms in total. The molecule has 2 aromatic heterocycles. The summed E-state index contributed by atoms with van der Waals surface area (Å²) in [5.41, 5.74) is 8.32. The van der Waals surface area contributed by atoms with Crippen LogP contribution in [0.4, 0.5) is 5.69 Å². The van der Waals surface area contributed by atoms with Gasteiger partial charge in [0, 0.05) is 46.3 Å². The van der Waals surface area contributed by atoms with Crippen molar-refractivity contribution in [2.45, 2.75) is 19.3 Å². The molecule has 36 heavy (non-hydrogen) atoms. The quantitative estimate of drug-likeness (QED) is 0.304. The first-order valence-corrected chi connectivity index (χ1v) is 11.6. The molecule has 0 saturated heterocycles. The molecule has 4 rings (SSSR count). The third kappa shape index (κ3) is 5.45. The number of ketones is 1. The molecule has 0 bridgehead atoms. The van der Waals surface area contributed by atoms with Gasteiger partial charge >= 0.3 is 0 Å². The summed E-state index contributed by atoms with van der Waals surface area (Å²) in [5.74, 6) is -0.566. The van der Waals surface area contributed by atoms with Gasteiger partial charge in [0.2, 0.25) is 5.88 Å². The van der Waals surface area contributed by atoms with Gasteiger partial charge in [0.15, 0.2) is 5.78 Å². The van der Waals surface area contributed by atoms with E-state index in [1.165, 1.54) is 19.4 Å². The number of H-pyrrole nitrogens is 1. The largest absolute Gasteiger partial charge is 0.481 e. The normalized spacial score (nSPS) is 11.8.